The van der Waals surface area contributed by atoms with E-state index < -0.39 is 22.0 Å². The number of nitrogens with one attached hydrogen (secondary N) is 1. The van der Waals surface area contributed by atoms with Crippen LogP contribution in [0.15, 0.2) is 60.7 Å². The Morgan fingerprint density at radius 3 is 2.34 bits per heavy atom. The Morgan fingerprint density at radius 1 is 1.00 bits per heavy atom. The summed E-state index contributed by atoms with van der Waals surface area (Å²) < 4.78 is 25.8. The highest BCUT2D eigenvalue weighted by Gasteiger charge is 2.29. The molecule has 0 heterocycles. The fourth-order valence-corrected chi connectivity index (χ4v) is 4.58. The molecule has 0 saturated heterocycles. The molecule has 0 fully saturated rings. The van der Waals surface area contributed by atoms with Gasteiger partial charge in [-0.05, 0) is 47.5 Å². The van der Waals surface area contributed by atoms with Crippen LogP contribution in [0.4, 0.5) is 5.69 Å². The molecule has 8 heteroatoms. The molecule has 0 spiro atoms. The summed E-state index contributed by atoms with van der Waals surface area (Å²) >= 11 is 11.9. The van der Waals surface area contributed by atoms with E-state index in [1.807, 2.05) is 42.5 Å². The number of carbonyl (C=O) groups is 1. The van der Waals surface area contributed by atoms with Crippen LogP contribution in [0.5, 0.6) is 0 Å². The summed E-state index contributed by atoms with van der Waals surface area (Å²) in [7, 11) is -3.73. The maximum Gasteiger partial charge on any atom is 0.243 e. The van der Waals surface area contributed by atoms with Gasteiger partial charge in [-0.1, -0.05) is 59.6 Å². The summed E-state index contributed by atoms with van der Waals surface area (Å²) in [4.78, 5) is 12.7. The molecule has 0 aliphatic heterocycles. The van der Waals surface area contributed by atoms with E-state index in [9.17, 15) is 13.2 Å². The van der Waals surface area contributed by atoms with Crippen molar-refractivity contribution in [2.24, 2.45) is 0 Å². The van der Waals surface area contributed by atoms with Gasteiger partial charge in [-0.25, -0.2) is 8.42 Å². The van der Waals surface area contributed by atoms with E-state index in [1.165, 1.54) is 25.1 Å². The highest BCUT2D eigenvalue weighted by Crippen LogP contribution is 2.29. The maximum absolute atomic E-state index is 12.7. The van der Waals surface area contributed by atoms with Gasteiger partial charge in [-0.2, -0.15) is 0 Å². The lowest BCUT2D eigenvalue weighted by Gasteiger charge is -2.28. The molecule has 5 nitrogen and oxygen atoms in total. The predicted octanol–water partition coefficient (Wildman–Crippen LogP) is 4.62. The molecule has 1 amide bonds. The maximum atomic E-state index is 12.7. The topological polar surface area (TPSA) is 66.5 Å². The van der Waals surface area contributed by atoms with Crippen LogP contribution in [0.2, 0.25) is 10.0 Å². The SMILES string of the molecule is C[C@H](C(=O)NCc1ccc2ccccc2c1)N(c1ccc(Cl)c(Cl)c1)S(C)(=O)=O. The van der Waals surface area contributed by atoms with Crippen LogP contribution in [-0.2, 0) is 21.4 Å². The normalized spacial score (nSPS) is 12.6. The Labute approximate surface area is 180 Å². The number of benzene rings is 3. The molecular formula is C21H20Cl2N2O3S. The monoisotopic (exact) mass is 450 g/mol. The minimum absolute atomic E-state index is 0.210. The predicted molar refractivity (Wildman–Crippen MR) is 119 cm³/mol. The van der Waals surface area contributed by atoms with Gasteiger partial charge in [0.25, 0.3) is 0 Å². The van der Waals surface area contributed by atoms with Crippen LogP contribution in [-0.4, -0.2) is 26.6 Å². The number of sulfonamides is 1. The number of hydrogen-bond donors (Lipinski definition) is 1. The second-order valence-corrected chi connectivity index (χ2v) is 9.41. The number of halogens is 2. The van der Waals surface area contributed by atoms with Crippen molar-refractivity contribution in [3.05, 3.63) is 76.3 Å². The van der Waals surface area contributed by atoms with Crippen molar-refractivity contribution < 1.29 is 13.2 Å². The van der Waals surface area contributed by atoms with E-state index in [0.29, 0.717) is 5.02 Å². The molecule has 3 rings (SSSR count). The Bertz CT molecular complexity index is 1170. The molecule has 0 radical (unpaired) electrons. The zero-order chi connectivity index (χ0) is 21.2. The lowest BCUT2D eigenvalue weighted by Crippen LogP contribution is -2.47. The van der Waals surface area contributed by atoms with Gasteiger partial charge in [0.2, 0.25) is 15.9 Å². The van der Waals surface area contributed by atoms with Crippen molar-refractivity contribution in [1.82, 2.24) is 5.32 Å². The van der Waals surface area contributed by atoms with Crippen LogP contribution in [0.1, 0.15) is 12.5 Å². The molecule has 0 unspecified atom stereocenters. The van der Waals surface area contributed by atoms with E-state index in [0.717, 1.165) is 26.9 Å². The van der Waals surface area contributed by atoms with E-state index in [4.69, 9.17) is 23.2 Å². The van der Waals surface area contributed by atoms with Crippen molar-refractivity contribution in [2.75, 3.05) is 10.6 Å². The van der Waals surface area contributed by atoms with E-state index in [2.05, 4.69) is 5.32 Å². The number of carbonyl (C=O) groups excluding carboxylic acids is 1. The van der Waals surface area contributed by atoms with E-state index in [1.54, 1.807) is 0 Å². The zero-order valence-corrected chi connectivity index (χ0v) is 18.2. The van der Waals surface area contributed by atoms with Gasteiger partial charge >= 0.3 is 0 Å². The van der Waals surface area contributed by atoms with Gasteiger partial charge in [0.05, 0.1) is 22.0 Å². The first kappa shape index (κ1) is 21.4. The van der Waals surface area contributed by atoms with Gasteiger partial charge in [0.1, 0.15) is 6.04 Å². The van der Waals surface area contributed by atoms with Crippen molar-refractivity contribution >= 4 is 55.6 Å². The van der Waals surface area contributed by atoms with Gasteiger partial charge < -0.3 is 5.32 Å². The van der Waals surface area contributed by atoms with Crippen LogP contribution < -0.4 is 9.62 Å². The van der Waals surface area contributed by atoms with Crippen molar-refractivity contribution in [2.45, 2.75) is 19.5 Å². The molecule has 152 valence electrons. The van der Waals surface area contributed by atoms with E-state index in [-0.39, 0.29) is 17.3 Å². The lowest BCUT2D eigenvalue weighted by atomic mass is 10.1. The first-order chi connectivity index (χ1) is 13.7. The third-order valence-corrected chi connectivity index (χ3v) is 6.51. The Morgan fingerprint density at radius 2 is 1.69 bits per heavy atom. The molecule has 0 aliphatic carbocycles. The summed E-state index contributed by atoms with van der Waals surface area (Å²) in [6.07, 6.45) is 1.04. The summed E-state index contributed by atoms with van der Waals surface area (Å²) in [6, 6.07) is 17.3. The largest absolute Gasteiger partial charge is 0.350 e. The average molecular weight is 451 g/mol. The Balaban J connectivity index is 1.78. The summed E-state index contributed by atoms with van der Waals surface area (Å²) in [5.41, 5.74) is 1.19. The molecule has 1 N–H and O–H groups in total. The number of nitrogens with zero attached hydrogens (tertiary/aromatic N) is 1. The molecule has 0 saturated carbocycles. The highest BCUT2D eigenvalue weighted by atomic mass is 35.5. The third kappa shape index (κ3) is 5.01. The Kier molecular flexibility index (Phi) is 6.36. The van der Waals surface area contributed by atoms with Crippen molar-refractivity contribution in [3.8, 4) is 0 Å². The molecule has 0 aromatic heterocycles. The third-order valence-electron chi connectivity index (χ3n) is 4.53. The second-order valence-electron chi connectivity index (χ2n) is 6.73. The van der Waals surface area contributed by atoms with Gasteiger partial charge in [0, 0.05) is 6.54 Å². The minimum Gasteiger partial charge on any atom is -0.350 e. The van der Waals surface area contributed by atoms with Crippen molar-refractivity contribution in [1.29, 1.82) is 0 Å². The zero-order valence-electron chi connectivity index (χ0n) is 15.9. The van der Waals surface area contributed by atoms with Gasteiger partial charge in [0.15, 0.2) is 0 Å². The smallest absolute Gasteiger partial charge is 0.243 e. The van der Waals surface area contributed by atoms with E-state index >= 15 is 0 Å². The van der Waals surface area contributed by atoms with Gasteiger partial charge in [-0.3, -0.25) is 9.10 Å². The summed E-state index contributed by atoms with van der Waals surface area (Å²) in [5.74, 6) is -0.422. The molecule has 3 aromatic rings. The number of fused-ring (bicyclic) bond motifs is 1. The first-order valence-corrected chi connectivity index (χ1v) is 11.5. The lowest BCUT2D eigenvalue weighted by molar-refractivity contribution is -0.122. The average Bonchev–Trinajstić information content (AvgIpc) is 2.67. The first-order valence-electron chi connectivity index (χ1n) is 8.86. The Hall–Kier alpha value is -2.28. The highest BCUT2D eigenvalue weighted by molar-refractivity contribution is 7.92. The fraction of sp³-hybridized carbons (Fsp3) is 0.190. The number of rotatable bonds is 6. The minimum atomic E-state index is -3.73. The standard InChI is InChI=1S/C21H20Cl2N2O3S/c1-14(25(29(2,27)28)18-9-10-19(22)20(23)12-18)21(26)24-13-15-7-8-16-5-3-4-6-17(16)11-15/h3-12,14H,13H2,1-2H3,(H,24,26)/t14-/m1/s1. The van der Waals surface area contributed by atoms with Crippen molar-refractivity contribution in [3.63, 3.8) is 0 Å². The second kappa shape index (κ2) is 8.61. The fourth-order valence-electron chi connectivity index (χ4n) is 3.12. The van der Waals surface area contributed by atoms with Crippen LogP contribution >= 0.6 is 23.2 Å². The summed E-state index contributed by atoms with van der Waals surface area (Å²) in [5, 5.41) is 5.50. The number of hydrogen-bond acceptors (Lipinski definition) is 3. The molecule has 3 aromatic carbocycles. The number of anilines is 1. The molecule has 0 bridgehead atoms. The van der Waals surface area contributed by atoms with Crippen LogP contribution in [0.3, 0.4) is 0 Å². The molecule has 29 heavy (non-hydrogen) atoms. The van der Waals surface area contributed by atoms with Crippen LogP contribution in [0.25, 0.3) is 10.8 Å². The quantitative estimate of drug-likeness (QED) is 0.595. The number of amides is 1. The molecule has 0 aliphatic rings. The molecular weight excluding hydrogens is 431 g/mol. The van der Waals surface area contributed by atoms with Crippen LogP contribution in [0, 0.1) is 0 Å². The summed E-state index contributed by atoms with van der Waals surface area (Å²) in [6.45, 7) is 1.81. The van der Waals surface area contributed by atoms with Gasteiger partial charge in [-0.15, -0.1) is 0 Å². The molecule has 1 atom stereocenters.